The minimum absolute atomic E-state index is 0.137. The van der Waals surface area contributed by atoms with Crippen molar-refractivity contribution in [1.29, 1.82) is 0 Å². The molecule has 0 aliphatic rings. The van der Waals surface area contributed by atoms with Crippen LogP contribution in [0.2, 0.25) is 0 Å². The summed E-state index contributed by atoms with van der Waals surface area (Å²) in [6.07, 6.45) is 3.39. The summed E-state index contributed by atoms with van der Waals surface area (Å²) in [5, 5.41) is 0. The second-order valence-corrected chi connectivity index (χ2v) is 8.19. The summed E-state index contributed by atoms with van der Waals surface area (Å²) in [5.74, 6) is 0.595. The Morgan fingerprint density at radius 2 is 1.41 bits per heavy atom. The zero-order valence-corrected chi connectivity index (χ0v) is 14.0. The zero-order chi connectivity index (χ0) is 13.7. The first-order valence-electron chi connectivity index (χ1n) is 6.57. The van der Waals surface area contributed by atoms with Crippen LogP contribution in [-0.4, -0.2) is 20.5 Å². The fourth-order valence-electron chi connectivity index (χ4n) is 1.22. The molecule has 0 aliphatic carbocycles. The van der Waals surface area contributed by atoms with Gasteiger partial charge in [0.05, 0.1) is 11.2 Å². The lowest BCUT2D eigenvalue weighted by Gasteiger charge is -2.30. The third kappa shape index (κ3) is 10.7. The van der Waals surface area contributed by atoms with Crippen molar-refractivity contribution in [1.82, 2.24) is 0 Å². The van der Waals surface area contributed by atoms with Gasteiger partial charge in [0.1, 0.15) is 0 Å². The average molecular weight is 258 g/mol. The van der Waals surface area contributed by atoms with Crippen molar-refractivity contribution in [2.45, 2.75) is 73.0 Å². The van der Waals surface area contributed by atoms with Crippen LogP contribution in [-0.2, 0) is 8.85 Å². The van der Waals surface area contributed by atoms with Gasteiger partial charge >= 0.3 is 9.28 Å². The minimum atomic E-state index is -1.73. The van der Waals surface area contributed by atoms with Gasteiger partial charge < -0.3 is 8.85 Å². The van der Waals surface area contributed by atoms with Gasteiger partial charge in [-0.1, -0.05) is 26.3 Å². The van der Waals surface area contributed by atoms with Gasteiger partial charge in [-0.3, -0.25) is 0 Å². The van der Waals surface area contributed by atoms with Gasteiger partial charge in [0.25, 0.3) is 0 Å². The summed E-state index contributed by atoms with van der Waals surface area (Å²) in [4.78, 5) is 0. The lowest BCUT2D eigenvalue weighted by Crippen LogP contribution is -2.37. The van der Waals surface area contributed by atoms with Gasteiger partial charge in [0, 0.05) is 0 Å². The Morgan fingerprint density at radius 1 is 1.00 bits per heavy atom. The molecule has 1 unspecified atom stereocenters. The maximum atomic E-state index is 6.04. The van der Waals surface area contributed by atoms with Gasteiger partial charge in [-0.25, -0.2) is 0 Å². The fourth-order valence-corrected chi connectivity index (χ4v) is 3.38. The molecule has 3 heteroatoms. The zero-order valence-electron chi connectivity index (χ0n) is 12.8. The number of hydrogen-bond acceptors (Lipinski definition) is 2. The number of allylic oxidation sites excluding steroid dienone is 1. The Hall–Kier alpha value is -0.123. The van der Waals surface area contributed by atoms with Gasteiger partial charge in [-0.2, -0.15) is 0 Å². The molecule has 0 amide bonds. The lowest BCUT2D eigenvalue weighted by molar-refractivity contribution is 0.0400. The molecule has 2 nitrogen and oxygen atoms in total. The molecule has 0 spiro atoms. The summed E-state index contributed by atoms with van der Waals surface area (Å²) in [7, 11) is -1.73. The Labute approximate surface area is 109 Å². The third-order valence-electron chi connectivity index (χ3n) is 2.18. The highest BCUT2D eigenvalue weighted by Gasteiger charge is 2.24. The third-order valence-corrected chi connectivity index (χ3v) is 4.60. The molecule has 0 saturated carbocycles. The van der Waals surface area contributed by atoms with E-state index in [0.717, 1.165) is 6.42 Å². The first-order valence-corrected chi connectivity index (χ1v) is 8.18. The Balaban J connectivity index is 4.57. The van der Waals surface area contributed by atoms with Crippen molar-refractivity contribution >= 4 is 9.28 Å². The average Bonchev–Trinajstić information content (AvgIpc) is 2.08. The van der Waals surface area contributed by atoms with Crippen molar-refractivity contribution in [3.05, 3.63) is 11.8 Å². The van der Waals surface area contributed by atoms with Crippen LogP contribution >= 0.6 is 0 Å². The molecule has 0 fully saturated rings. The van der Waals surface area contributed by atoms with Crippen molar-refractivity contribution in [3.8, 4) is 0 Å². The van der Waals surface area contributed by atoms with E-state index in [1.807, 2.05) is 0 Å². The molecule has 1 atom stereocenters. The smallest absolute Gasteiger partial charge is 0.348 e. The van der Waals surface area contributed by atoms with E-state index in [1.54, 1.807) is 0 Å². The van der Waals surface area contributed by atoms with Crippen LogP contribution in [0.5, 0.6) is 0 Å². The van der Waals surface area contributed by atoms with Crippen LogP contribution in [0.1, 0.15) is 61.8 Å². The van der Waals surface area contributed by atoms with Gasteiger partial charge in [0.2, 0.25) is 0 Å². The molecule has 17 heavy (non-hydrogen) atoms. The van der Waals surface area contributed by atoms with Crippen LogP contribution in [0.4, 0.5) is 0 Å². The van der Waals surface area contributed by atoms with Crippen molar-refractivity contribution in [2.75, 3.05) is 0 Å². The summed E-state index contributed by atoms with van der Waals surface area (Å²) < 4.78 is 12.1. The molecule has 0 aliphatic heterocycles. The molecule has 102 valence electrons. The molecule has 0 rings (SSSR count). The van der Waals surface area contributed by atoms with E-state index < -0.39 is 9.28 Å². The molecular weight excluding hydrogens is 228 g/mol. The summed E-state index contributed by atoms with van der Waals surface area (Å²) >= 11 is 0. The van der Waals surface area contributed by atoms with E-state index in [2.05, 4.69) is 67.2 Å². The molecule has 0 aromatic carbocycles. The Morgan fingerprint density at radius 3 is 1.71 bits per heavy atom. The van der Waals surface area contributed by atoms with Crippen LogP contribution in [0, 0.1) is 5.92 Å². The Kier molecular flexibility index (Phi) is 6.67. The van der Waals surface area contributed by atoms with Crippen LogP contribution < -0.4 is 0 Å². The second-order valence-electron chi connectivity index (χ2n) is 6.60. The highest BCUT2D eigenvalue weighted by atomic mass is 28.3. The first-order chi connectivity index (χ1) is 7.53. The Bertz CT molecular complexity index is 220. The summed E-state index contributed by atoms with van der Waals surface area (Å²) in [6.45, 7) is 16.9. The van der Waals surface area contributed by atoms with Gasteiger partial charge in [-0.05, 0) is 53.2 Å². The predicted octanol–water partition coefficient (Wildman–Crippen LogP) is 3.98. The minimum Gasteiger partial charge on any atom is -0.389 e. The van der Waals surface area contributed by atoms with Crippen molar-refractivity contribution in [2.24, 2.45) is 5.92 Å². The molecule has 0 saturated heterocycles. The largest absolute Gasteiger partial charge is 0.389 e. The molecule has 0 aromatic heterocycles. The lowest BCUT2D eigenvalue weighted by atomic mass is 10.1. The summed E-state index contributed by atoms with van der Waals surface area (Å²) in [5.41, 5.74) is 1.90. The van der Waals surface area contributed by atoms with E-state index in [-0.39, 0.29) is 11.2 Å². The quantitative estimate of drug-likeness (QED) is 0.695. The molecular formula is C14H30O2Si. The maximum absolute atomic E-state index is 6.04. The molecule has 0 radical (unpaired) electrons. The van der Waals surface area contributed by atoms with Crippen molar-refractivity contribution in [3.63, 3.8) is 0 Å². The van der Waals surface area contributed by atoms with Crippen LogP contribution in [0.25, 0.3) is 0 Å². The first kappa shape index (κ1) is 16.9. The topological polar surface area (TPSA) is 18.5 Å². The van der Waals surface area contributed by atoms with Gasteiger partial charge in [-0.15, -0.1) is 0 Å². The normalized spacial score (nSPS) is 15.8. The standard InChI is InChI=1S/C14H30O2Si/c1-9-12(2)10-11-17(15-13(3,4)5)16-14(6,7)8/h10-12,17H,9H2,1-8H3. The SMILES string of the molecule is CCC(C)C=C[SiH](OC(C)(C)C)OC(C)(C)C. The van der Waals surface area contributed by atoms with E-state index >= 15 is 0 Å². The van der Waals surface area contributed by atoms with Gasteiger partial charge in [0.15, 0.2) is 0 Å². The van der Waals surface area contributed by atoms with Crippen LogP contribution in [0.3, 0.4) is 0 Å². The van der Waals surface area contributed by atoms with Crippen LogP contribution in [0.15, 0.2) is 11.8 Å². The summed E-state index contributed by atoms with van der Waals surface area (Å²) in [6, 6.07) is 0. The van der Waals surface area contributed by atoms with E-state index in [9.17, 15) is 0 Å². The number of rotatable bonds is 5. The molecule has 0 N–H and O–H groups in total. The monoisotopic (exact) mass is 258 g/mol. The van der Waals surface area contributed by atoms with Crippen molar-refractivity contribution < 1.29 is 8.85 Å². The highest BCUT2D eigenvalue weighted by molar-refractivity contribution is 6.50. The predicted molar refractivity (Wildman–Crippen MR) is 77.4 cm³/mol. The van der Waals surface area contributed by atoms with E-state index in [1.165, 1.54) is 0 Å². The molecule has 0 aromatic rings. The fraction of sp³-hybridized carbons (Fsp3) is 0.857. The molecule has 0 bridgehead atoms. The number of hydrogen-bond donors (Lipinski definition) is 0. The highest BCUT2D eigenvalue weighted by Crippen LogP contribution is 2.17. The van der Waals surface area contributed by atoms with E-state index in [4.69, 9.17) is 8.85 Å². The maximum Gasteiger partial charge on any atom is 0.348 e. The van der Waals surface area contributed by atoms with E-state index in [0.29, 0.717) is 5.92 Å². The molecule has 0 heterocycles. The second kappa shape index (κ2) is 6.71.